The molecule has 2 rings (SSSR count). The zero-order valence-electron chi connectivity index (χ0n) is 11.1. The third-order valence-electron chi connectivity index (χ3n) is 3.32. The Bertz CT molecular complexity index is 489. The molecule has 0 fully saturated rings. The Hall–Kier alpha value is -1.40. The molecule has 0 bridgehead atoms. The normalized spacial score (nSPS) is 16.7. The van der Waals surface area contributed by atoms with Gasteiger partial charge < -0.3 is 21.5 Å². The molecule has 0 saturated carbocycles. The van der Waals surface area contributed by atoms with Gasteiger partial charge in [0.1, 0.15) is 0 Å². The van der Waals surface area contributed by atoms with Gasteiger partial charge in [0, 0.05) is 17.0 Å². The van der Waals surface area contributed by atoms with Crippen molar-refractivity contribution in [3.05, 3.63) is 17.7 Å². The predicted molar refractivity (Wildman–Crippen MR) is 80.7 cm³/mol. The van der Waals surface area contributed by atoms with Crippen LogP contribution in [0.1, 0.15) is 12.5 Å². The van der Waals surface area contributed by atoms with E-state index in [9.17, 15) is 9.90 Å². The van der Waals surface area contributed by atoms with E-state index in [-0.39, 0.29) is 23.8 Å². The highest BCUT2D eigenvalue weighted by atomic mass is 32.2. The van der Waals surface area contributed by atoms with Crippen LogP contribution in [0.15, 0.2) is 12.1 Å². The highest BCUT2D eigenvalue weighted by molar-refractivity contribution is 7.99. The molecule has 1 heterocycles. The summed E-state index contributed by atoms with van der Waals surface area (Å²) in [7, 11) is 0. The Morgan fingerprint density at radius 2 is 2.32 bits per heavy atom. The van der Waals surface area contributed by atoms with Crippen LogP contribution in [0.4, 0.5) is 17.1 Å². The second-order valence-electron chi connectivity index (χ2n) is 4.71. The zero-order valence-corrected chi connectivity index (χ0v) is 11.9. The van der Waals surface area contributed by atoms with Gasteiger partial charge in [0.05, 0.1) is 24.4 Å². The molecule has 19 heavy (non-hydrogen) atoms. The van der Waals surface area contributed by atoms with Gasteiger partial charge >= 0.3 is 0 Å². The summed E-state index contributed by atoms with van der Waals surface area (Å²) < 4.78 is 0. The van der Waals surface area contributed by atoms with Crippen LogP contribution in [0, 0.1) is 0 Å². The van der Waals surface area contributed by atoms with Crippen molar-refractivity contribution in [2.45, 2.75) is 24.6 Å². The maximum absolute atomic E-state index is 11.3. The summed E-state index contributed by atoms with van der Waals surface area (Å²) >= 11 is 1.61. The van der Waals surface area contributed by atoms with Gasteiger partial charge in [0.15, 0.2) is 0 Å². The Morgan fingerprint density at radius 1 is 1.58 bits per heavy atom. The first-order valence-electron chi connectivity index (χ1n) is 6.17. The molecule has 1 aromatic carbocycles. The molecule has 0 aromatic heterocycles. The Kier molecular flexibility index (Phi) is 4.21. The molecule has 0 radical (unpaired) electrons. The molecule has 1 aliphatic rings. The first-order chi connectivity index (χ1) is 9.05. The van der Waals surface area contributed by atoms with E-state index in [1.165, 1.54) is 0 Å². The smallest absolute Gasteiger partial charge is 0.228 e. The molecular weight excluding hydrogens is 262 g/mol. The third kappa shape index (κ3) is 2.96. The zero-order chi connectivity index (χ0) is 14.0. The number of anilines is 3. The van der Waals surface area contributed by atoms with E-state index in [1.54, 1.807) is 11.8 Å². The second kappa shape index (κ2) is 5.71. The lowest BCUT2D eigenvalue weighted by molar-refractivity contribution is -0.115. The highest BCUT2D eigenvalue weighted by Gasteiger charge is 2.21. The number of fused-ring (bicyclic) bond motifs is 1. The minimum absolute atomic E-state index is 0.00283. The van der Waals surface area contributed by atoms with Crippen molar-refractivity contribution in [3.63, 3.8) is 0 Å². The van der Waals surface area contributed by atoms with Crippen molar-refractivity contribution in [2.75, 3.05) is 29.2 Å². The average Bonchev–Trinajstić information content (AvgIpc) is 2.70. The number of benzene rings is 1. The molecule has 0 saturated heterocycles. The summed E-state index contributed by atoms with van der Waals surface area (Å²) in [5, 5.41) is 15.5. The van der Waals surface area contributed by atoms with Crippen LogP contribution in [-0.2, 0) is 11.2 Å². The molecule has 6 heteroatoms. The van der Waals surface area contributed by atoms with E-state index in [2.05, 4.69) is 10.6 Å². The fourth-order valence-corrected chi connectivity index (χ4v) is 2.82. The van der Waals surface area contributed by atoms with Gasteiger partial charge in [-0.15, -0.1) is 0 Å². The Morgan fingerprint density at radius 3 is 2.95 bits per heavy atom. The minimum Gasteiger partial charge on any atom is -0.397 e. The van der Waals surface area contributed by atoms with Gasteiger partial charge in [-0.1, -0.05) is 0 Å². The molecule has 2 atom stereocenters. The van der Waals surface area contributed by atoms with Crippen molar-refractivity contribution in [3.8, 4) is 0 Å². The van der Waals surface area contributed by atoms with Crippen molar-refractivity contribution in [2.24, 2.45) is 0 Å². The molecule has 0 spiro atoms. The predicted octanol–water partition coefficient (Wildman–Crippen LogP) is 1.29. The number of thioether (sulfide) groups is 1. The number of carbonyl (C=O) groups excluding carboxylic acids is 1. The molecule has 5 nitrogen and oxygen atoms in total. The van der Waals surface area contributed by atoms with Crippen molar-refractivity contribution in [1.82, 2.24) is 0 Å². The average molecular weight is 281 g/mol. The van der Waals surface area contributed by atoms with Crippen LogP contribution in [0.3, 0.4) is 0 Å². The summed E-state index contributed by atoms with van der Waals surface area (Å²) in [5.41, 5.74) is 9.17. The number of amides is 1. The SMILES string of the molecule is CSC(CO)C(C)Nc1cc2c(cc1N)CC(=O)N2. The van der Waals surface area contributed by atoms with E-state index < -0.39 is 0 Å². The van der Waals surface area contributed by atoms with Gasteiger partial charge in [-0.2, -0.15) is 11.8 Å². The summed E-state index contributed by atoms with van der Waals surface area (Å²) in [6, 6.07) is 3.77. The van der Waals surface area contributed by atoms with Gasteiger partial charge in [0.25, 0.3) is 0 Å². The quantitative estimate of drug-likeness (QED) is 0.611. The number of aliphatic hydroxyl groups is 1. The molecule has 1 aliphatic heterocycles. The highest BCUT2D eigenvalue weighted by Crippen LogP contribution is 2.32. The first kappa shape index (κ1) is 14.0. The Balaban J connectivity index is 2.18. The molecule has 1 amide bonds. The monoisotopic (exact) mass is 281 g/mol. The molecule has 0 aliphatic carbocycles. The summed E-state index contributed by atoms with van der Waals surface area (Å²) in [5.74, 6) is -0.00283. The van der Waals surface area contributed by atoms with Gasteiger partial charge in [0.2, 0.25) is 5.91 Å². The lowest BCUT2D eigenvalue weighted by Crippen LogP contribution is -2.31. The topological polar surface area (TPSA) is 87.4 Å². The van der Waals surface area contributed by atoms with E-state index in [0.717, 1.165) is 16.9 Å². The molecule has 104 valence electrons. The standard InChI is InChI=1S/C13H19N3O2S/c1-7(12(6-17)19-2)15-11-5-10-8(3-9(11)14)4-13(18)16-10/h3,5,7,12,15,17H,4,6,14H2,1-2H3,(H,16,18). The maximum Gasteiger partial charge on any atom is 0.228 e. The largest absolute Gasteiger partial charge is 0.397 e. The minimum atomic E-state index is -0.00283. The van der Waals surface area contributed by atoms with Crippen LogP contribution in [0.2, 0.25) is 0 Å². The number of aliphatic hydroxyl groups excluding tert-OH is 1. The fourth-order valence-electron chi connectivity index (χ4n) is 2.19. The van der Waals surface area contributed by atoms with Crippen molar-refractivity contribution >= 4 is 34.7 Å². The summed E-state index contributed by atoms with van der Waals surface area (Å²) in [4.78, 5) is 11.3. The molecule has 5 N–H and O–H groups in total. The summed E-state index contributed by atoms with van der Waals surface area (Å²) in [6.45, 7) is 2.11. The van der Waals surface area contributed by atoms with Crippen LogP contribution >= 0.6 is 11.8 Å². The second-order valence-corrected chi connectivity index (χ2v) is 5.79. The van der Waals surface area contributed by atoms with Crippen LogP contribution < -0.4 is 16.4 Å². The van der Waals surface area contributed by atoms with Crippen molar-refractivity contribution < 1.29 is 9.90 Å². The fraction of sp³-hybridized carbons (Fsp3) is 0.462. The van der Waals surface area contributed by atoms with Gasteiger partial charge in [-0.25, -0.2) is 0 Å². The van der Waals surface area contributed by atoms with E-state index in [4.69, 9.17) is 5.73 Å². The number of carbonyl (C=O) groups is 1. The third-order valence-corrected chi connectivity index (χ3v) is 4.49. The number of hydrogen-bond donors (Lipinski definition) is 4. The number of nitrogens with one attached hydrogen (secondary N) is 2. The van der Waals surface area contributed by atoms with Crippen LogP contribution in [0.5, 0.6) is 0 Å². The summed E-state index contributed by atoms with van der Waals surface area (Å²) in [6.07, 6.45) is 2.35. The molecule has 2 unspecified atom stereocenters. The van der Waals surface area contributed by atoms with E-state index in [0.29, 0.717) is 12.1 Å². The maximum atomic E-state index is 11.3. The number of rotatable bonds is 5. The van der Waals surface area contributed by atoms with Gasteiger partial charge in [-0.05, 0) is 30.9 Å². The van der Waals surface area contributed by atoms with Crippen LogP contribution in [-0.4, -0.2) is 35.2 Å². The number of hydrogen-bond acceptors (Lipinski definition) is 5. The number of nitrogen functional groups attached to an aromatic ring is 1. The van der Waals surface area contributed by atoms with E-state index >= 15 is 0 Å². The van der Waals surface area contributed by atoms with Gasteiger partial charge in [-0.3, -0.25) is 4.79 Å². The lowest BCUT2D eigenvalue weighted by atomic mass is 10.1. The van der Waals surface area contributed by atoms with E-state index in [1.807, 2.05) is 25.3 Å². The van der Waals surface area contributed by atoms with Crippen LogP contribution in [0.25, 0.3) is 0 Å². The lowest BCUT2D eigenvalue weighted by Gasteiger charge is -2.23. The molecular formula is C13H19N3O2S. The molecule has 1 aromatic rings. The Labute approximate surface area is 116 Å². The van der Waals surface area contributed by atoms with Crippen molar-refractivity contribution in [1.29, 1.82) is 0 Å². The number of nitrogens with two attached hydrogens (primary N) is 1. The first-order valence-corrected chi connectivity index (χ1v) is 7.46.